The number of aryl methyl sites for hydroxylation is 1. The van der Waals surface area contributed by atoms with E-state index in [1.165, 1.54) is 37.2 Å². The molecule has 11 nitrogen and oxygen atoms in total. The van der Waals surface area contributed by atoms with Crippen LogP contribution < -0.4 is 25.6 Å². The van der Waals surface area contributed by atoms with Gasteiger partial charge in [-0.3, -0.25) is 4.90 Å². The Morgan fingerprint density at radius 1 is 1.02 bits per heavy atom. The van der Waals surface area contributed by atoms with Gasteiger partial charge in [-0.15, -0.1) is 0 Å². The number of benzene rings is 1. The molecule has 6 rings (SSSR count). The zero-order chi connectivity index (χ0) is 31.7. The molecule has 0 saturated carbocycles. The van der Waals surface area contributed by atoms with Crippen molar-refractivity contribution in [3.05, 3.63) is 53.0 Å². The fourth-order valence-electron chi connectivity index (χ4n) is 6.48. The number of piperidine rings is 1. The van der Waals surface area contributed by atoms with Crippen molar-refractivity contribution >= 4 is 62.9 Å². The van der Waals surface area contributed by atoms with E-state index in [-0.39, 0.29) is 0 Å². The number of imidazole rings is 1. The van der Waals surface area contributed by atoms with Crippen LogP contribution in [0.2, 0.25) is 0 Å². The average molecular weight is 697 g/mol. The summed E-state index contributed by atoms with van der Waals surface area (Å²) in [6, 6.07) is 6.88. The predicted octanol–water partition coefficient (Wildman–Crippen LogP) is 5.41. The quantitative estimate of drug-likeness (QED) is 0.221. The summed E-state index contributed by atoms with van der Waals surface area (Å²) in [6.45, 7) is 12.4. The summed E-state index contributed by atoms with van der Waals surface area (Å²) in [5.74, 6) is 1.71. The van der Waals surface area contributed by atoms with Gasteiger partial charge < -0.3 is 34.1 Å². The van der Waals surface area contributed by atoms with E-state index in [0.717, 1.165) is 44.0 Å². The van der Waals surface area contributed by atoms with Gasteiger partial charge >= 0.3 is 0 Å². The molecule has 0 radical (unpaired) electrons. The Balaban J connectivity index is 1.22. The van der Waals surface area contributed by atoms with Gasteiger partial charge in [0.25, 0.3) is 0 Å². The van der Waals surface area contributed by atoms with Gasteiger partial charge in [0.2, 0.25) is 5.95 Å². The third-order valence-corrected chi connectivity index (χ3v) is 11.1. The average Bonchev–Trinajstić information content (AvgIpc) is 3.51. The smallest absolute Gasteiger partial charge is 0.229 e. The van der Waals surface area contributed by atoms with Crippen LogP contribution in [0, 0.1) is 0 Å². The van der Waals surface area contributed by atoms with Crippen LogP contribution >= 0.6 is 23.1 Å². The second-order valence-electron chi connectivity index (χ2n) is 12.3. The Morgan fingerprint density at radius 2 is 1.78 bits per heavy atom. The number of fused-ring (bicyclic) bond motifs is 1. The maximum atomic E-state index is 13.3. The van der Waals surface area contributed by atoms with Crippen molar-refractivity contribution in [2.24, 2.45) is 0 Å². The molecule has 2 saturated heterocycles. The van der Waals surface area contributed by atoms with Crippen molar-refractivity contribution in [1.29, 1.82) is 0 Å². The van der Waals surface area contributed by atoms with Gasteiger partial charge in [-0.2, -0.15) is 4.98 Å². The van der Waals surface area contributed by atoms with Crippen LogP contribution in [-0.4, -0.2) is 102 Å². The minimum atomic E-state index is -2.68. The molecule has 0 spiro atoms. The Bertz CT molecular complexity index is 1710. The van der Waals surface area contributed by atoms with E-state index in [1.54, 1.807) is 32.8 Å². The molecule has 13 heteroatoms. The molecule has 240 valence electrons. The third kappa shape index (κ3) is 6.84. The summed E-state index contributed by atoms with van der Waals surface area (Å²) in [6.07, 6.45) is 10.4. The molecule has 0 atom stereocenters. The molecular weight excluding hydrogens is 653 g/mol. The summed E-state index contributed by atoms with van der Waals surface area (Å²) in [7, 11) is 1.23. The van der Waals surface area contributed by atoms with Crippen LogP contribution in [-0.2, 0) is 11.0 Å². The summed E-state index contributed by atoms with van der Waals surface area (Å²) in [5.41, 5.74) is 4.66. The van der Waals surface area contributed by atoms with Crippen LogP contribution in [0.1, 0.15) is 25.3 Å². The summed E-state index contributed by atoms with van der Waals surface area (Å²) in [5, 5.41) is 7.45. The Hall–Kier alpha value is -3.18. The Kier molecular flexibility index (Phi) is 9.38. The first kappa shape index (κ1) is 31.8. The van der Waals surface area contributed by atoms with E-state index in [0.29, 0.717) is 38.9 Å². The molecule has 2 aliphatic rings. The minimum absolute atomic E-state index is 0.418. The normalized spacial score (nSPS) is 17.2. The summed E-state index contributed by atoms with van der Waals surface area (Å²) >= 11 is 3.59. The first-order valence-electron chi connectivity index (χ1n) is 15.6. The molecule has 0 aliphatic carbocycles. The second-order valence-corrected chi connectivity index (χ2v) is 16.3. The maximum absolute atomic E-state index is 13.3. The molecule has 4 aromatic rings. The molecule has 1 aromatic carbocycles. The van der Waals surface area contributed by atoms with Gasteiger partial charge in [-0.25, -0.2) is 9.97 Å². The number of ether oxygens (including phenoxy) is 1. The molecule has 0 bridgehead atoms. The van der Waals surface area contributed by atoms with E-state index in [1.807, 2.05) is 22.9 Å². The standard InChI is InChI=1S/C32H43BrN9O2P/c1-6-22-19-26(28(44-3)20-27(22)41-11-7-23(8-12-41)40-17-15-39(2)16-18-40)37-32-35-21-24(33)30(38-32)36-25-9-13-42-14-10-34-31(42)29(25)45(4,5)43/h9-10,13-14,19-21,23H,6-8,11-12,15-18H2,1-5H3,(H2,35,36,37,38). The summed E-state index contributed by atoms with van der Waals surface area (Å²) in [4.78, 5) is 21.4. The highest BCUT2D eigenvalue weighted by Gasteiger charge is 2.28. The number of methoxy groups -OCH3 is 1. The highest BCUT2D eigenvalue weighted by atomic mass is 79.9. The number of anilines is 5. The molecule has 2 aliphatic heterocycles. The second kappa shape index (κ2) is 13.3. The topological polar surface area (TPSA) is 103 Å². The number of halogens is 1. The van der Waals surface area contributed by atoms with E-state index in [4.69, 9.17) is 9.72 Å². The lowest BCUT2D eigenvalue weighted by atomic mass is 9.99. The number of pyridine rings is 1. The SMILES string of the molecule is CCc1cc(Nc2ncc(Br)c(Nc3ccn4ccnc4c3P(C)(C)=O)n2)c(OC)cc1N1CCC(N2CCN(C)CC2)CC1. The monoisotopic (exact) mass is 695 g/mol. The van der Waals surface area contributed by atoms with Crippen LogP contribution in [0.15, 0.2) is 47.5 Å². The van der Waals surface area contributed by atoms with E-state index in [2.05, 4.69) is 77.3 Å². The van der Waals surface area contributed by atoms with Gasteiger partial charge in [-0.1, -0.05) is 6.92 Å². The molecule has 2 fully saturated rings. The molecule has 2 N–H and O–H groups in total. The lowest BCUT2D eigenvalue weighted by Crippen LogP contribution is -2.52. The zero-order valence-corrected chi connectivity index (χ0v) is 29.2. The van der Waals surface area contributed by atoms with Crippen molar-refractivity contribution in [1.82, 2.24) is 29.2 Å². The third-order valence-electron chi connectivity index (χ3n) is 8.96. The number of nitrogens with zero attached hydrogens (tertiary/aromatic N) is 7. The fraction of sp³-hybridized carbons (Fsp3) is 0.469. The molecule has 0 amide bonds. The van der Waals surface area contributed by atoms with Crippen molar-refractivity contribution < 1.29 is 9.30 Å². The maximum Gasteiger partial charge on any atom is 0.229 e. The zero-order valence-electron chi connectivity index (χ0n) is 26.8. The van der Waals surface area contributed by atoms with Gasteiger partial charge in [0.05, 0.1) is 28.3 Å². The van der Waals surface area contributed by atoms with Crippen LogP contribution in [0.5, 0.6) is 5.75 Å². The first-order valence-corrected chi connectivity index (χ1v) is 19.0. The van der Waals surface area contributed by atoms with Gasteiger partial charge in [-0.05, 0) is 73.3 Å². The minimum Gasteiger partial charge on any atom is -0.494 e. The van der Waals surface area contributed by atoms with E-state index >= 15 is 0 Å². The molecule has 45 heavy (non-hydrogen) atoms. The van der Waals surface area contributed by atoms with E-state index < -0.39 is 7.14 Å². The van der Waals surface area contributed by atoms with Crippen molar-refractivity contribution in [3.63, 3.8) is 0 Å². The van der Waals surface area contributed by atoms with Crippen molar-refractivity contribution in [2.75, 3.05) is 82.3 Å². The molecule has 0 unspecified atom stereocenters. The van der Waals surface area contributed by atoms with Crippen molar-refractivity contribution in [3.8, 4) is 5.75 Å². The van der Waals surface area contributed by atoms with Gasteiger partial charge in [0.15, 0.2) is 0 Å². The van der Waals surface area contributed by atoms with Crippen LogP contribution in [0.4, 0.5) is 28.8 Å². The number of aromatic nitrogens is 4. The first-order chi connectivity index (χ1) is 21.6. The lowest BCUT2D eigenvalue weighted by molar-refractivity contribution is 0.0982. The van der Waals surface area contributed by atoms with Gasteiger partial charge in [0.1, 0.15) is 24.4 Å². The van der Waals surface area contributed by atoms with Gasteiger partial charge in [0, 0.05) is 81.9 Å². The number of likely N-dealkylation sites (N-methyl/N-ethyl adjacent to an activating group) is 1. The number of rotatable bonds is 9. The highest BCUT2D eigenvalue weighted by Crippen LogP contribution is 2.41. The molecular formula is C32H43BrN9O2P. The highest BCUT2D eigenvalue weighted by molar-refractivity contribution is 9.10. The number of piperazine rings is 1. The number of hydrogen-bond donors (Lipinski definition) is 2. The number of hydrogen-bond acceptors (Lipinski definition) is 10. The lowest BCUT2D eigenvalue weighted by Gasteiger charge is -2.43. The summed E-state index contributed by atoms with van der Waals surface area (Å²) < 4.78 is 21.8. The molecule has 5 heterocycles. The van der Waals surface area contributed by atoms with Crippen LogP contribution in [0.25, 0.3) is 5.65 Å². The largest absolute Gasteiger partial charge is 0.494 e. The molecule has 3 aromatic heterocycles. The Labute approximate surface area is 273 Å². The number of nitrogens with one attached hydrogen (secondary N) is 2. The van der Waals surface area contributed by atoms with Crippen LogP contribution in [0.3, 0.4) is 0 Å². The van der Waals surface area contributed by atoms with Crippen molar-refractivity contribution in [2.45, 2.75) is 32.2 Å². The van der Waals surface area contributed by atoms with E-state index in [9.17, 15) is 4.57 Å². The Morgan fingerprint density at radius 3 is 2.47 bits per heavy atom. The fourth-order valence-corrected chi connectivity index (χ4v) is 8.14. The predicted molar refractivity (Wildman–Crippen MR) is 187 cm³/mol.